The monoisotopic (exact) mass is 362 g/mol. The summed E-state index contributed by atoms with van der Waals surface area (Å²) >= 11 is 0. The molecule has 1 aliphatic heterocycles. The molecule has 0 radical (unpaired) electrons. The fourth-order valence-corrected chi connectivity index (χ4v) is 2.79. The van der Waals surface area contributed by atoms with Crippen LogP contribution in [0.1, 0.15) is 36.1 Å². The molecule has 9 heteroatoms. The molecule has 0 fully saturated rings. The standard InChI is InChI=1S/C18H18N8O/c1-2-7-27-11-5-3-10(4-6-11)15-13-14(21)12(8-19)16(22)25-17(13)26-18(24-15)23-9-20/h3-6,15H,2,7H2,1H3,(H6,21,22,23,24,25,26). The second-order valence-electron chi connectivity index (χ2n) is 5.82. The Bertz CT molecular complexity index is 969. The lowest BCUT2D eigenvalue weighted by molar-refractivity contribution is 0.317. The molecule has 0 spiro atoms. The molecule has 0 saturated carbocycles. The largest absolute Gasteiger partial charge is 0.494 e. The van der Waals surface area contributed by atoms with Crippen LogP contribution < -0.4 is 26.8 Å². The lowest BCUT2D eigenvalue weighted by Gasteiger charge is -2.26. The Labute approximate surface area is 156 Å². The number of aliphatic imine (C=N–C) groups is 1. The number of nitrogens with two attached hydrogens (primary N) is 2. The molecule has 2 aromatic rings. The van der Waals surface area contributed by atoms with E-state index in [1.807, 2.05) is 43.5 Å². The highest BCUT2D eigenvalue weighted by Crippen LogP contribution is 2.40. The molecule has 136 valence electrons. The maximum atomic E-state index is 9.33. The summed E-state index contributed by atoms with van der Waals surface area (Å²) in [4.78, 5) is 8.72. The third kappa shape index (κ3) is 3.39. The van der Waals surface area contributed by atoms with Crippen molar-refractivity contribution in [3.63, 3.8) is 0 Å². The summed E-state index contributed by atoms with van der Waals surface area (Å²) in [5.41, 5.74) is 13.7. The van der Waals surface area contributed by atoms with Crippen molar-refractivity contribution in [2.45, 2.75) is 19.4 Å². The van der Waals surface area contributed by atoms with Crippen LogP contribution in [0.5, 0.6) is 5.75 Å². The quantitative estimate of drug-likeness (QED) is 0.474. The molecule has 1 aromatic carbocycles. The number of rotatable bonds is 4. The summed E-state index contributed by atoms with van der Waals surface area (Å²) < 4.78 is 5.60. The van der Waals surface area contributed by atoms with Gasteiger partial charge < -0.3 is 21.5 Å². The second-order valence-corrected chi connectivity index (χ2v) is 5.82. The SMILES string of the molecule is CCCOc1ccc(C2N=C(NC#N)Nc3nc(N)c(C#N)c(N)c32)cc1. The van der Waals surface area contributed by atoms with E-state index in [9.17, 15) is 5.26 Å². The number of anilines is 3. The van der Waals surface area contributed by atoms with E-state index < -0.39 is 6.04 Å². The number of pyridine rings is 1. The molecule has 0 saturated heterocycles. The third-order valence-electron chi connectivity index (χ3n) is 4.03. The minimum absolute atomic E-state index is 0.0153. The maximum absolute atomic E-state index is 9.33. The Balaban J connectivity index is 2.09. The van der Waals surface area contributed by atoms with Crippen molar-refractivity contribution in [2.24, 2.45) is 4.99 Å². The Morgan fingerprint density at radius 3 is 2.63 bits per heavy atom. The van der Waals surface area contributed by atoms with E-state index in [1.165, 1.54) is 0 Å². The van der Waals surface area contributed by atoms with Crippen LogP contribution in [0.25, 0.3) is 0 Å². The normalized spacial score (nSPS) is 14.8. The molecule has 2 heterocycles. The molecule has 3 rings (SSSR count). The van der Waals surface area contributed by atoms with E-state index in [1.54, 1.807) is 0 Å². The number of nitriles is 2. The van der Waals surface area contributed by atoms with Gasteiger partial charge in [-0.25, -0.2) is 9.98 Å². The number of ether oxygens (including phenoxy) is 1. The molecule has 0 aliphatic carbocycles. The van der Waals surface area contributed by atoms with Crippen LogP contribution in [0.2, 0.25) is 0 Å². The lowest BCUT2D eigenvalue weighted by Crippen LogP contribution is -2.32. The molecule has 6 N–H and O–H groups in total. The van der Waals surface area contributed by atoms with Gasteiger partial charge in [-0.3, -0.25) is 5.32 Å². The van der Waals surface area contributed by atoms with Crippen molar-refractivity contribution in [1.29, 1.82) is 10.5 Å². The van der Waals surface area contributed by atoms with Gasteiger partial charge >= 0.3 is 0 Å². The maximum Gasteiger partial charge on any atom is 0.211 e. The predicted octanol–water partition coefficient (Wildman–Crippen LogP) is 1.85. The number of guanidine groups is 1. The van der Waals surface area contributed by atoms with Gasteiger partial charge in [-0.2, -0.15) is 10.5 Å². The summed E-state index contributed by atoms with van der Waals surface area (Å²) in [6.07, 6.45) is 2.73. The van der Waals surface area contributed by atoms with E-state index >= 15 is 0 Å². The molecule has 27 heavy (non-hydrogen) atoms. The molecule has 1 unspecified atom stereocenters. The van der Waals surface area contributed by atoms with Crippen LogP contribution in [0, 0.1) is 22.8 Å². The topological polar surface area (TPSA) is 158 Å². The van der Waals surface area contributed by atoms with Crippen LogP contribution in [0.15, 0.2) is 29.3 Å². The highest BCUT2D eigenvalue weighted by atomic mass is 16.5. The van der Waals surface area contributed by atoms with Gasteiger partial charge in [0.15, 0.2) is 6.19 Å². The van der Waals surface area contributed by atoms with Crippen LogP contribution in [0.3, 0.4) is 0 Å². The lowest BCUT2D eigenvalue weighted by atomic mass is 9.95. The zero-order chi connectivity index (χ0) is 19.4. The number of hydrogen-bond donors (Lipinski definition) is 4. The first-order valence-electron chi connectivity index (χ1n) is 8.30. The van der Waals surface area contributed by atoms with Crippen LogP contribution in [-0.4, -0.2) is 17.6 Å². The summed E-state index contributed by atoms with van der Waals surface area (Å²) in [7, 11) is 0. The van der Waals surface area contributed by atoms with Crippen LogP contribution in [-0.2, 0) is 0 Å². The number of benzene rings is 1. The molecule has 0 amide bonds. The number of nitrogens with zero attached hydrogens (tertiary/aromatic N) is 4. The summed E-state index contributed by atoms with van der Waals surface area (Å²) in [5.74, 6) is 1.34. The van der Waals surface area contributed by atoms with Gasteiger partial charge in [-0.05, 0) is 24.1 Å². The third-order valence-corrected chi connectivity index (χ3v) is 4.03. The smallest absolute Gasteiger partial charge is 0.211 e. The van der Waals surface area contributed by atoms with Gasteiger partial charge in [0.2, 0.25) is 5.96 Å². The molecule has 1 aliphatic rings. The van der Waals surface area contributed by atoms with Gasteiger partial charge in [-0.1, -0.05) is 19.1 Å². The fraction of sp³-hybridized carbons (Fsp3) is 0.222. The first-order chi connectivity index (χ1) is 13.1. The van der Waals surface area contributed by atoms with Crippen LogP contribution in [0.4, 0.5) is 17.3 Å². The minimum Gasteiger partial charge on any atom is -0.494 e. The zero-order valence-electron chi connectivity index (χ0n) is 14.7. The van der Waals surface area contributed by atoms with Crippen molar-refractivity contribution < 1.29 is 4.74 Å². The zero-order valence-corrected chi connectivity index (χ0v) is 14.7. The fourth-order valence-electron chi connectivity index (χ4n) is 2.79. The molecular formula is C18H18N8O. The van der Waals surface area contributed by atoms with Gasteiger partial charge in [0.05, 0.1) is 12.3 Å². The minimum atomic E-state index is -0.558. The number of nitrogens with one attached hydrogen (secondary N) is 2. The predicted molar refractivity (Wildman–Crippen MR) is 102 cm³/mol. The number of aromatic nitrogens is 1. The highest BCUT2D eigenvalue weighted by molar-refractivity contribution is 5.98. The van der Waals surface area contributed by atoms with Gasteiger partial charge in [0.1, 0.15) is 35.1 Å². The number of hydrogen-bond acceptors (Lipinski definition) is 9. The Kier molecular flexibility index (Phi) is 4.95. The molecule has 0 bridgehead atoms. The van der Waals surface area contributed by atoms with E-state index in [0.29, 0.717) is 18.0 Å². The van der Waals surface area contributed by atoms with E-state index in [4.69, 9.17) is 21.5 Å². The molecular weight excluding hydrogens is 344 g/mol. The number of fused-ring (bicyclic) bond motifs is 1. The van der Waals surface area contributed by atoms with Crippen molar-refractivity contribution >= 4 is 23.3 Å². The molecule has 1 aromatic heterocycles. The average Bonchev–Trinajstić information content (AvgIpc) is 2.66. The number of nitrogen functional groups attached to an aromatic ring is 2. The van der Waals surface area contributed by atoms with E-state index in [0.717, 1.165) is 17.7 Å². The first-order valence-corrected chi connectivity index (χ1v) is 8.30. The Morgan fingerprint density at radius 1 is 1.26 bits per heavy atom. The molecule has 1 atom stereocenters. The van der Waals surface area contributed by atoms with Crippen molar-refractivity contribution in [3.8, 4) is 18.0 Å². The van der Waals surface area contributed by atoms with E-state index in [-0.39, 0.29) is 23.0 Å². The van der Waals surface area contributed by atoms with Gasteiger partial charge in [-0.15, -0.1) is 0 Å². The first kappa shape index (κ1) is 17.8. The average molecular weight is 362 g/mol. The summed E-state index contributed by atoms with van der Waals surface area (Å²) in [5, 5.41) is 23.6. The summed E-state index contributed by atoms with van der Waals surface area (Å²) in [6.45, 7) is 2.67. The summed E-state index contributed by atoms with van der Waals surface area (Å²) in [6, 6.07) is 8.82. The van der Waals surface area contributed by atoms with Gasteiger partial charge in [0, 0.05) is 5.56 Å². The van der Waals surface area contributed by atoms with Crippen molar-refractivity contribution in [1.82, 2.24) is 10.3 Å². The van der Waals surface area contributed by atoms with Crippen LogP contribution >= 0.6 is 0 Å². The van der Waals surface area contributed by atoms with Crippen molar-refractivity contribution in [3.05, 3.63) is 41.0 Å². The van der Waals surface area contributed by atoms with E-state index in [2.05, 4.69) is 20.6 Å². The Hall–Kier alpha value is -3.98. The Morgan fingerprint density at radius 2 is 2.00 bits per heavy atom. The van der Waals surface area contributed by atoms with Crippen molar-refractivity contribution in [2.75, 3.05) is 23.4 Å². The molecule has 9 nitrogen and oxygen atoms in total. The second kappa shape index (κ2) is 7.50. The highest BCUT2D eigenvalue weighted by Gasteiger charge is 2.29. The van der Waals surface area contributed by atoms with Gasteiger partial charge in [0.25, 0.3) is 0 Å².